The highest BCUT2D eigenvalue weighted by atomic mass is 79.9. The largest absolute Gasteiger partial charge is 0.481 e. The minimum absolute atomic E-state index is 0.627. The van der Waals surface area contributed by atoms with Gasteiger partial charge in [0.2, 0.25) is 0 Å². The van der Waals surface area contributed by atoms with Gasteiger partial charge >= 0.3 is 5.97 Å². The first-order chi connectivity index (χ1) is 7.49. The molecule has 2 nitrogen and oxygen atoms in total. The molecule has 0 aliphatic heterocycles. The summed E-state index contributed by atoms with van der Waals surface area (Å²) >= 11 is 3.48. The van der Waals surface area contributed by atoms with Crippen molar-refractivity contribution in [2.75, 3.05) is 0 Å². The van der Waals surface area contributed by atoms with Crippen molar-refractivity contribution < 1.29 is 9.90 Å². The maximum atomic E-state index is 11.5. The van der Waals surface area contributed by atoms with Gasteiger partial charge in [-0.05, 0) is 49.4 Å². The van der Waals surface area contributed by atoms with Gasteiger partial charge in [-0.25, -0.2) is 0 Å². The van der Waals surface area contributed by atoms with Crippen LogP contribution in [0.1, 0.15) is 36.0 Å². The van der Waals surface area contributed by atoms with Crippen LogP contribution >= 0.6 is 15.9 Å². The lowest BCUT2D eigenvalue weighted by molar-refractivity contribution is -0.147. The van der Waals surface area contributed by atoms with Crippen molar-refractivity contribution in [2.45, 2.75) is 38.5 Å². The fourth-order valence-corrected chi connectivity index (χ4v) is 2.99. The van der Waals surface area contributed by atoms with E-state index >= 15 is 0 Å². The van der Waals surface area contributed by atoms with Crippen LogP contribution < -0.4 is 0 Å². The Morgan fingerprint density at radius 3 is 2.44 bits per heavy atom. The van der Waals surface area contributed by atoms with Crippen LogP contribution in [-0.2, 0) is 10.2 Å². The van der Waals surface area contributed by atoms with Crippen LogP contribution in [0.5, 0.6) is 0 Å². The second kappa shape index (κ2) is 3.88. The summed E-state index contributed by atoms with van der Waals surface area (Å²) in [7, 11) is 0. The van der Waals surface area contributed by atoms with Crippen LogP contribution in [0.2, 0.25) is 0 Å². The van der Waals surface area contributed by atoms with E-state index in [1.54, 1.807) is 0 Å². The molecule has 0 aromatic heterocycles. The topological polar surface area (TPSA) is 37.3 Å². The van der Waals surface area contributed by atoms with Crippen LogP contribution in [0.25, 0.3) is 0 Å². The van der Waals surface area contributed by atoms with E-state index in [0.717, 1.165) is 40.4 Å². The van der Waals surface area contributed by atoms with E-state index in [9.17, 15) is 9.90 Å². The highest BCUT2D eigenvalue weighted by molar-refractivity contribution is 9.10. The molecule has 1 aromatic rings. The minimum atomic E-state index is -0.678. The lowest BCUT2D eigenvalue weighted by atomic mass is 9.62. The van der Waals surface area contributed by atoms with E-state index in [4.69, 9.17) is 0 Å². The molecule has 1 aliphatic carbocycles. The van der Waals surface area contributed by atoms with E-state index in [1.807, 2.05) is 26.0 Å². The molecule has 0 radical (unpaired) electrons. The predicted octanol–water partition coefficient (Wildman–Crippen LogP) is 3.57. The molecular weight excluding hydrogens is 268 g/mol. The molecule has 1 N–H and O–H groups in total. The minimum Gasteiger partial charge on any atom is -0.481 e. The first-order valence-electron chi connectivity index (χ1n) is 5.48. The van der Waals surface area contributed by atoms with Crippen molar-refractivity contribution >= 4 is 21.9 Å². The van der Waals surface area contributed by atoms with Crippen LogP contribution in [0.3, 0.4) is 0 Å². The van der Waals surface area contributed by atoms with Crippen molar-refractivity contribution in [3.8, 4) is 0 Å². The van der Waals surface area contributed by atoms with Gasteiger partial charge in [0.05, 0.1) is 5.41 Å². The molecule has 0 amide bonds. The summed E-state index contributed by atoms with van der Waals surface area (Å²) in [5.41, 5.74) is 2.54. The van der Waals surface area contributed by atoms with Crippen LogP contribution in [0, 0.1) is 13.8 Å². The molecule has 1 fully saturated rings. The van der Waals surface area contributed by atoms with Crippen molar-refractivity contribution in [1.82, 2.24) is 0 Å². The zero-order valence-electron chi connectivity index (χ0n) is 9.51. The third-order valence-corrected chi connectivity index (χ3v) is 4.56. The van der Waals surface area contributed by atoms with E-state index < -0.39 is 11.4 Å². The maximum absolute atomic E-state index is 11.5. The van der Waals surface area contributed by atoms with Crippen molar-refractivity contribution in [2.24, 2.45) is 0 Å². The van der Waals surface area contributed by atoms with Gasteiger partial charge < -0.3 is 5.11 Å². The van der Waals surface area contributed by atoms with Crippen LogP contribution in [0.4, 0.5) is 0 Å². The molecule has 0 spiro atoms. The lowest BCUT2D eigenvalue weighted by Crippen LogP contribution is -2.43. The summed E-state index contributed by atoms with van der Waals surface area (Å²) in [5, 5.41) is 9.46. The van der Waals surface area contributed by atoms with Gasteiger partial charge in [0.25, 0.3) is 0 Å². The quantitative estimate of drug-likeness (QED) is 0.900. The summed E-state index contributed by atoms with van der Waals surface area (Å²) < 4.78 is 1.00. The van der Waals surface area contributed by atoms with Crippen LogP contribution in [0.15, 0.2) is 16.6 Å². The Balaban J connectivity index is 2.63. The fraction of sp³-hybridized carbons (Fsp3) is 0.462. The summed E-state index contributed by atoms with van der Waals surface area (Å²) in [4.78, 5) is 11.5. The maximum Gasteiger partial charge on any atom is 0.314 e. The Hall–Kier alpha value is -0.830. The standard InChI is InChI=1S/C13H15BrO2/c1-8-4-5-10(14)9(2)11(8)13(12(15)16)6-3-7-13/h4-5H,3,6-7H2,1-2H3,(H,15,16). The second-order valence-electron chi connectivity index (χ2n) is 4.61. The average Bonchev–Trinajstić information content (AvgIpc) is 2.15. The summed E-state index contributed by atoms with van der Waals surface area (Å²) in [6, 6.07) is 3.98. The van der Waals surface area contributed by atoms with E-state index in [1.165, 1.54) is 0 Å². The SMILES string of the molecule is Cc1ccc(Br)c(C)c1C1(C(=O)O)CCC1. The number of hydrogen-bond acceptors (Lipinski definition) is 1. The Kier molecular flexibility index (Phi) is 2.82. The molecule has 1 aliphatic rings. The lowest BCUT2D eigenvalue weighted by Gasteiger charge is -2.40. The van der Waals surface area contributed by atoms with Gasteiger partial charge in [0.15, 0.2) is 0 Å². The highest BCUT2D eigenvalue weighted by Crippen LogP contribution is 2.47. The number of aliphatic carboxylic acids is 1. The Morgan fingerprint density at radius 2 is 2.00 bits per heavy atom. The molecule has 86 valence electrons. The summed E-state index contributed by atoms with van der Waals surface area (Å²) in [6.45, 7) is 3.99. The normalized spacial score (nSPS) is 17.9. The zero-order valence-corrected chi connectivity index (χ0v) is 11.1. The summed E-state index contributed by atoms with van der Waals surface area (Å²) in [6.07, 6.45) is 2.54. The first-order valence-corrected chi connectivity index (χ1v) is 6.28. The highest BCUT2D eigenvalue weighted by Gasteiger charge is 2.47. The predicted molar refractivity (Wildman–Crippen MR) is 66.8 cm³/mol. The van der Waals surface area contributed by atoms with E-state index in [-0.39, 0.29) is 0 Å². The van der Waals surface area contributed by atoms with Gasteiger partial charge in [-0.1, -0.05) is 28.4 Å². The average molecular weight is 283 g/mol. The molecule has 0 unspecified atom stereocenters. The molecule has 3 heteroatoms. The molecule has 0 bridgehead atoms. The smallest absolute Gasteiger partial charge is 0.314 e. The molecular formula is C13H15BrO2. The van der Waals surface area contributed by atoms with Gasteiger partial charge in [0.1, 0.15) is 0 Å². The Labute approximate surface area is 104 Å². The molecule has 2 rings (SSSR count). The molecule has 16 heavy (non-hydrogen) atoms. The molecule has 0 atom stereocenters. The number of carboxylic acids is 1. The molecule has 0 heterocycles. The number of benzene rings is 1. The van der Waals surface area contributed by atoms with E-state index in [2.05, 4.69) is 15.9 Å². The second-order valence-corrected chi connectivity index (χ2v) is 5.46. The Morgan fingerprint density at radius 1 is 1.38 bits per heavy atom. The number of halogens is 1. The number of carbonyl (C=O) groups is 1. The number of hydrogen-bond donors (Lipinski definition) is 1. The number of carboxylic acid groups (broad SMARTS) is 1. The van der Waals surface area contributed by atoms with Crippen LogP contribution in [-0.4, -0.2) is 11.1 Å². The van der Waals surface area contributed by atoms with Gasteiger partial charge in [-0.15, -0.1) is 0 Å². The molecule has 1 aromatic carbocycles. The third kappa shape index (κ3) is 1.49. The van der Waals surface area contributed by atoms with Crippen molar-refractivity contribution in [1.29, 1.82) is 0 Å². The van der Waals surface area contributed by atoms with Gasteiger partial charge in [-0.2, -0.15) is 0 Å². The van der Waals surface area contributed by atoms with Crippen molar-refractivity contribution in [3.63, 3.8) is 0 Å². The fourth-order valence-electron chi connectivity index (χ4n) is 2.66. The molecule has 1 saturated carbocycles. The third-order valence-electron chi connectivity index (χ3n) is 3.70. The van der Waals surface area contributed by atoms with Crippen molar-refractivity contribution in [3.05, 3.63) is 33.3 Å². The molecule has 0 saturated heterocycles. The summed E-state index contributed by atoms with van der Waals surface area (Å²) in [5.74, 6) is -0.678. The van der Waals surface area contributed by atoms with E-state index in [0.29, 0.717) is 0 Å². The number of aryl methyl sites for hydroxylation is 1. The monoisotopic (exact) mass is 282 g/mol. The zero-order chi connectivity index (χ0) is 11.9. The van der Waals surface area contributed by atoms with Gasteiger partial charge in [-0.3, -0.25) is 4.79 Å². The first kappa shape index (κ1) is 11.6. The number of rotatable bonds is 2. The van der Waals surface area contributed by atoms with Gasteiger partial charge in [0, 0.05) is 4.47 Å². The Bertz CT molecular complexity index is 447.